The summed E-state index contributed by atoms with van der Waals surface area (Å²) in [5.41, 5.74) is 2.07. The number of benzene rings is 2. The molecule has 1 atom stereocenters. The Kier molecular flexibility index (Phi) is 3.90. The zero-order valence-electron chi connectivity index (χ0n) is 14.0. The molecule has 0 spiro atoms. The van der Waals surface area contributed by atoms with Gasteiger partial charge in [-0.15, -0.1) is 0 Å². The molecule has 0 amide bonds. The molecular weight excluding hydrogens is 302 g/mol. The Morgan fingerprint density at radius 3 is 2.75 bits per heavy atom. The fourth-order valence-electron chi connectivity index (χ4n) is 3.09. The maximum atomic E-state index is 6.00. The number of fused-ring (bicyclic) bond motifs is 2. The van der Waals surface area contributed by atoms with Gasteiger partial charge in [-0.25, -0.2) is 0 Å². The van der Waals surface area contributed by atoms with E-state index in [-0.39, 0.29) is 6.04 Å². The molecule has 0 N–H and O–H groups in total. The smallest absolute Gasteiger partial charge is 0.165 e. The van der Waals surface area contributed by atoms with Gasteiger partial charge in [0.2, 0.25) is 0 Å². The van der Waals surface area contributed by atoms with Gasteiger partial charge in [-0.1, -0.05) is 30.3 Å². The molecular formula is C20H21NO3. The van der Waals surface area contributed by atoms with Gasteiger partial charge in [-0.3, -0.25) is 4.90 Å². The summed E-state index contributed by atoms with van der Waals surface area (Å²) in [6, 6.07) is 16.5. The van der Waals surface area contributed by atoms with E-state index in [0.29, 0.717) is 13.2 Å². The number of rotatable bonds is 4. The van der Waals surface area contributed by atoms with Crippen LogP contribution in [0.5, 0.6) is 11.5 Å². The molecule has 1 aliphatic rings. The lowest BCUT2D eigenvalue weighted by Gasteiger charge is -2.26. The minimum absolute atomic E-state index is 0.165. The van der Waals surface area contributed by atoms with E-state index < -0.39 is 0 Å². The van der Waals surface area contributed by atoms with E-state index in [4.69, 9.17) is 13.9 Å². The van der Waals surface area contributed by atoms with E-state index in [0.717, 1.165) is 40.3 Å². The Morgan fingerprint density at radius 1 is 1.04 bits per heavy atom. The van der Waals surface area contributed by atoms with Crippen LogP contribution in [-0.4, -0.2) is 25.2 Å². The average Bonchev–Trinajstić information content (AvgIpc) is 3.05. The number of ether oxygens (including phenoxy) is 2. The van der Waals surface area contributed by atoms with E-state index >= 15 is 0 Å². The highest BCUT2D eigenvalue weighted by Gasteiger charge is 2.20. The minimum atomic E-state index is 0.165. The van der Waals surface area contributed by atoms with E-state index in [1.807, 2.05) is 30.3 Å². The van der Waals surface area contributed by atoms with Crippen LogP contribution in [-0.2, 0) is 6.54 Å². The summed E-state index contributed by atoms with van der Waals surface area (Å²) < 4.78 is 17.5. The third kappa shape index (κ3) is 2.74. The Hall–Kier alpha value is -2.46. The fraction of sp³-hybridized carbons (Fsp3) is 0.300. The van der Waals surface area contributed by atoms with Crippen LogP contribution in [0.25, 0.3) is 11.0 Å². The molecule has 0 aliphatic carbocycles. The molecule has 124 valence electrons. The van der Waals surface area contributed by atoms with Gasteiger partial charge in [0.15, 0.2) is 11.5 Å². The van der Waals surface area contributed by atoms with Crippen LogP contribution in [0.4, 0.5) is 0 Å². The number of nitrogens with zero attached hydrogens (tertiary/aromatic N) is 1. The van der Waals surface area contributed by atoms with Crippen molar-refractivity contribution in [2.75, 3.05) is 20.3 Å². The first-order valence-electron chi connectivity index (χ1n) is 8.28. The summed E-state index contributed by atoms with van der Waals surface area (Å²) in [6.07, 6.45) is 0. The second-order valence-corrected chi connectivity index (χ2v) is 6.22. The predicted molar refractivity (Wildman–Crippen MR) is 93.5 cm³/mol. The first kappa shape index (κ1) is 15.1. The lowest BCUT2D eigenvalue weighted by atomic mass is 10.1. The van der Waals surface area contributed by atoms with E-state index in [1.165, 1.54) is 0 Å². The molecule has 0 saturated carbocycles. The Morgan fingerprint density at radius 2 is 1.88 bits per heavy atom. The molecule has 0 bridgehead atoms. The number of hydrogen-bond donors (Lipinski definition) is 0. The highest BCUT2D eigenvalue weighted by atomic mass is 16.6. The minimum Gasteiger partial charge on any atom is -0.486 e. The molecule has 2 aromatic carbocycles. The standard InChI is InChI=1S/C20H21NO3/c1-14(19-12-15-6-3-4-8-17(15)24-19)21(2)13-16-7-5-9-18-20(16)23-11-10-22-18/h3-9,12,14H,10-11,13H2,1-2H3. The van der Waals surface area contributed by atoms with Crippen molar-refractivity contribution < 1.29 is 13.9 Å². The SMILES string of the molecule is CC(c1cc2ccccc2o1)N(C)Cc1cccc2c1OCCO2. The molecule has 0 radical (unpaired) electrons. The largest absolute Gasteiger partial charge is 0.486 e. The van der Waals surface area contributed by atoms with E-state index in [2.05, 4.69) is 37.1 Å². The van der Waals surface area contributed by atoms with Crippen molar-refractivity contribution in [3.05, 3.63) is 59.9 Å². The lowest BCUT2D eigenvalue weighted by molar-refractivity contribution is 0.164. The first-order chi connectivity index (χ1) is 11.7. The van der Waals surface area contributed by atoms with Crippen molar-refractivity contribution in [1.29, 1.82) is 0 Å². The van der Waals surface area contributed by atoms with E-state index in [9.17, 15) is 0 Å². The van der Waals surface area contributed by atoms with Gasteiger partial charge >= 0.3 is 0 Å². The van der Waals surface area contributed by atoms with Crippen LogP contribution < -0.4 is 9.47 Å². The normalized spacial score (nSPS) is 15.0. The molecule has 4 heteroatoms. The van der Waals surface area contributed by atoms with Crippen molar-refractivity contribution in [3.8, 4) is 11.5 Å². The molecule has 0 saturated heterocycles. The summed E-state index contributed by atoms with van der Waals surface area (Å²) in [4.78, 5) is 2.26. The zero-order valence-corrected chi connectivity index (χ0v) is 14.0. The van der Waals surface area contributed by atoms with Crippen molar-refractivity contribution in [2.24, 2.45) is 0 Å². The molecule has 0 fully saturated rings. The van der Waals surface area contributed by atoms with E-state index in [1.54, 1.807) is 0 Å². The van der Waals surface area contributed by atoms with Crippen LogP contribution in [0.3, 0.4) is 0 Å². The second-order valence-electron chi connectivity index (χ2n) is 6.22. The quantitative estimate of drug-likeness (QED) is 0.713. The molecule has 1 aromatic heterocycles. The molecule has 1 unspecified atom stereocenters. The maximum absolute atomic E-state index is 6.00. The topological polar surface area (TPSA) is 34.8 Å². The molecule has 4 rings (SSSR count). The summed E-state index contributed by atoms with van der Waals surface area (Å²) in [5.74, 6) is 2.68. The van der Waals surface area contributed by atoms with Crippen molar-refractivity contribution in [1.82, 2.24) is 4.90 Å². The molecule has 3 aromatic rings. The van der Waals surface area contributed by atoms with Crippen LogP contribution in [0.15, 0.2) is 52.9 Å². The van der Waals surface area contributed by atoms with Gasteiger partial charge in [-0.2, -0.15) is 0 Å². The van der Waals surface area contributed by atoms with Crippen LogP contribution in [0.2, 0.25) is 0 Å². The second kappa shape index (κ2) is 6.21. The van der Waals surface area contributed by atoms with Crippen LogP contribution in [0, 0.1) is 0 Å². The Balaban J connectivity index is 1.56. The van der Waals surface area contributed by atoms with Crippen LogP contribution >= 0.6 is 0 Å². The maximum Gasteiger partial charge on any atom is 0.165 e. The van der Waals surface area contributed by atoms with Gasteiger partial charge in [0.05, 0.1) is 6.04 Å². The highest BCUT2D eigenvalue weighted by Crippen LogP contribution is 2.35. The van der Waals surface area contributed by atoms with Gasteiger partial charge in [-0.05, 0) is 32.2 Å². The number of hydrogen-bond acceptors (Lipinski definition) is 4. The van der Waals surface area contributed by atoms with Gasteiger partial charge in [0.25, 0.3) is 0 Å². The molecule has 24 heavy (non-hydrogen) atoms. The summed E-state index contributed by atoms with van der Waals surface area (Å²) in [7, 11) is 2.10. The molecule has 1 aliphatic heterocycles. The summed E-state index contributed by atoms with van der Waals surface area (Å²) >= 11 is 0. The third-order valence-corrected chi connectivity index (χ3v) is 4.58. The fourth-order valence-corrected chi connectivity index (χ4v) is 3.09. The average molecular weight is 323 g/mol. The van der Waals surface area contributed by atoms with Gasteiger partial charge in [0, 0.05) is 17.5 Å². The Labute approximate surface area is 141 Å². The zero-order chi connectivity index (χ0) is 16.5. The molecule has 2 heterocycles. The highest BCUT2D eigenvalue weighted by molar-refractivity contribution is 5.77. The first-order valence-corrected chi connectivity index (χ1v) is 8.28. The third-order valence-electron chi connectivity index (χ3n) is 4.58. The summed E-state index contributed by atoms with van der Waals surface area (Å²) in [5, 5.41) is 1.14. The summed E-state index contributed by atoms with van der Waals surface area (Å²) in [6.45, 7) is 4.14. The van der Waals surface area contributed by atoms with Crippen molar-refractivity contribution >= 4 is 11.0 Å². The predicted octanol–water partition coefficient (Wildman–Crippen LogP) is 4.40. The number of para-hydroxylation sites is 2. The number of furan rings is 1. The molecule has 4 nitrogen and oxygen atoms in total. The van der Waals surface area contributed by atoms with Crippen molar-refractivity contribution in [2.45, 2.75) is 19.5 Å². The lowest BCUT2D eigenvalue weighted by Crippen LogP contribution is -2.23. The van der Waals surface area contributed by atoms with Gasteiger partial charge < -0.3 is 13.9 Å². The Bertz CT molecular complexity index is 822. The monoisotopic (exact) mass is 323 g/mol. The van der Waals surface area contributed by atoms with Crippen LogP contribution in [0.1, 0.15) is 24.3 Å². The van der Waals surface area contributed by atoms with Crippen molar-refractivity contribution in [3.63, 3.8) is 0 Å². The van der Waals surface area contributed by atoms with Gasteiger partial charge in [0.1, 0.15) is 24.6 Å².